The topological polar surface area (TPSA) is 202 Å². The normalized spacial score (nSPS) is 40.2. The van der Waals surface area contributed by atoms with Crippen molar-refractivity contribution in [1.82, 2.24) is 10.2 Å². The summed E-state index contributed by atoms with van der Waals surface area (Å²) in [5.41, 5.74) is 0. The number of carbonyl (C=O) groups excluding carboxylic acids is 1. The zero-order chi connectivity index (χ0) is 24.0. The van der Waals surface area contributed by atoms with E-state index in [1.54, 1.807) is 6.92 Å². The molecule has 1 unspecified atom stereocenters. The molecular formula is C18H33ClN2O11. The number of aliphatic hydroxyl groups excluding tert-OH is 7. The zero-order valence-corrected chi connectivity index (χ0v) is 18.4. The van der Waals surface area contributed by atoms with Gasteiger partial charge in [-0.2, -0.15) is 0 Å². The van der Waals surface area contributed by atoms with Gasteiger partial charge in [0.1, 0.15) is 48.8 Å². The summed E-state index contributed by atoms with van der Waals surface area (Å²) in [5.74, 6) is 0.163. The summed E-state index contributed by atoms with van der Waals surface area (Å²) in [7, 11) is 0. The fourth-order valence-corrected chi connectivity index (χ4v) is 3.76. The molecule has 10 atom stereocenters. The highest BCUT2D eigenvalue weighted by Crippen LogP contribution is 2.30. The Morgan fingerprint density at radius 2 is 1.62 bits per heavy atom. The maximum absolute atomic E-state index is 12.5. The van der Waals surface area contributed by atoms with Crippen LogP contribution < -0.4 is 5.32 Å². The minimum absolute atomic E-state index is 0.163. The lowest BCUT2D eigenvalue weighted by Crippen LogP contribution is -2.67. The van der Waals surface area contributed by atoms with E-state index in [0.717, 1.165) is 4.90 Å². The Hall–Kier alpha value is -0.840. The summed E-state index contributed by atoms with van der Waals surface area (Å²) in [6, 6.07) is -0.589. The number of carbonyl (C=O) groups is 1. The Bertz CT molecular complexity index is 587. The molecule has 0 saturated carbocycles. The molecular weight excluding hydrogens is 456 g/mol. The second-order valence-electron chi connectivity index (χ2n) is 7.64. The van der Waals surface area contributed by atoms with Gasteiger partial charge >= 0.3 is 6.03 Å². The number of hydrogen-bond acceptors (Lipinski definition) is 11. The van der Waals surface area contributed by atoms with Crippen molar-refractivity contribution in [2.24, 2.45) is 0 Å². The van der Waals surface area contributed by atoms with E-state index in [4.69, 9.17) is 25.8 Å². The lowest BCUT2D eigenvalue weighted by atomic mass is 9.96. The fourth-order valence-electron chi connectivity index (χ4n) is 3.67. The van der Waals surface area contributed by atoms with Crippen LogP contribution in [0.15, 0.2) is 0 Å². The minimum atomic E-state index is -1.76. The molecule has 2 heterocycles. The third kappa shape index (κ3) is 5.98. The summed E-state index contributed by atoms with van der Waals surface area (Å²) in [6.45, 7) is 0.747. The van der Waals surface area contributed by atoms with Gasteiger partial charge in [-0.15, -0.1) is 11.6 Å². The molecule has 8 N–H and O–H groups in total. The van der Waals surface area contributed by atoms with Gasteiger partial charge in [0, 0.05) is 19.0 Å². The molecule has 0 radical (unpaired) electrons. The SMILES string of the molecule is CCCN(C(=O)NCCCl)C1O[C@H](CO)[C@@H](O[C@H]2O[C@H](CO)[C@@H](O)[C@H](O)[C@H]2O)[C@H](O)[C@H]1O. The number of rotatable bonds is 9. The number of amides is 2. The lowest BCUT2D eigenvalue weighted by Gasteiger charge is -2.48. The van der Waals surface area contributed by atoms with Crippen LogP contribution in [0.4, 0.5) is 4.79 Å². The number of hydrogen-bond donors (Lipinski definition) is 8. The van der Waals surface area contributed by atoms with Gasteiger partial charge in [-0.1, -0.05) is 6.92 Å². The smallest absolute Gasteiger partial charge is 0.319 e. The van der Waals surface area contributed by atoms with Crippen LogP contribution in [0.5, 0.6) is 0 Å². The Morgan fingerprint density at radius 1 is 0.969 bits per heavy atom. The molecule has 2 fully saturated rings. The third-order valence-electron chi connectivity index (χ3n) is 5.38. The van der Waals surface area contributed by atoms with E-state index < -0.39 is 80.6 Å². The summed E-state index contributed by atoms with van der Waals surface area (Å²) in [4.78, 5) is 13.6. The molecule has 13 nitrogen and oxygen atoms in total. The third-order valence-corrected chi connectivity index (χ3v) is 5.57. The van der Waals surface area contributed by atoms with Crippen molar-refractivity contribution in [3.8, 4) is 0 Å². The number of aliphatic hydroxyl groups is 7. The van der Waals surface area contributed by atoms with E-state index in [9.17, 15) is 40.5 Å². The van der Waals surface area contributed by atoms with Crippen LogP contribution in [-0.4, -0.2) is 140 Å². The molecule has 0 aromatic heterocycles. The van der Waals surface area contributed by atoms with Crippen molar-refractivity contribution in [3.63, 3.8) is 0 Å². The lowest BCUT2D eigenvalue weighted by molar-refractivity contribution is -0.347. The number of nitrogens with zero attached hydrogens (tertiary/aromatic N) is 1. The first-order valence-electron chi connectivity index (χ1n) is 10.4. The Balaban J connectivity index is 2.18. The second-order valence-corrected chi connectivity index (χ2v) is 8.02. The fraction of sp³-hybridized carbons (Fsp3) is 0.944. The summed E-state index contributed by atoms with van der Waals surface area (Å²) < 4.78 is 16.4. The molecule has 0 aromatic carbocycles. The van der Waals surface area contributed by atoms with Crippen molar-refractivity contribution in [2.45, 2.75) is 74.7 Å². The Kier molecular flexibility index (Phi) is 10.8. The van der Waals surface area contributed by atoms with Crippen LogP contribution in [0, 0.1) is 0 Å². The predicted octanol–water partition coefficient (Wildman–Crippen LogP) is -3.73. The average molecular weight is 489 g/mol. The number of alkyl halides is 1. The van der Waals surface area contributed by atoms with Crippen LogP contribution in [0.1, 0.15) is 13.3 Å². The average Bonchev–Trinajstić information content (AvgIpc) is 2.79. The maximum atomic E-state index is 12.5. The highest BCUT2D eigenvalue weighted by Gasteiger charge is 2.51. The van der Waals surface area contributed by atoms with Crippen molar-refractivity contribution >= 4 is 17.6 Å². The minimum Gasteiger partial charge on any atom is -0.394 e. The first-order chi connectivity index (χ1) is 15.2. The van der Waals surface area contributed by atoms with Gasteiger partial charge in [-0.05, 0) is 6.42 Å². The molecule has 0 aromatic rings. The van der Waals surface area contributed by atoms with E-state index in [0.29, 0.717) is 6.42 Å². The molecule has 0 bridgehead atoms. The predicted molar refractivity (Wildman–Crippen MR) is 108 cm³/mol. The largest absolute Gasteiger partial charge is 0.394 e. The van der Waals surface area contributed by atoms with Crippen LogP contribution in [0.3, 0.4) is 0 Å². The molecule has 2 saturated heterocycles. The van der Waals surface area contributed by atoms with E-state index in [2.05, 4.69) is 5.32 Å². The van der Waals surface area contributed by atoms with Gasteiger partial charge in [0.05, 0.1) is 13.2 Å². The van der Waals surface area contributed by atoms with Gasteiger partial charge < -0.3 is 55.3 Å². The first kappa shape index (κ1) is 27.4. The van der Waals surface area contributed by atoms with E-state index in [1.807, 2.05) is 0 Å². The molecule has 2 rings (SSSR count). The van der Waals surface area contributed by atoms with E-state index in [1.165, 1.54) is 0 Å². The van der Waals surface area contributed by atoms with E-state index >= 15 is 0 Å². The van der Waals surface area contributed by atoms with Gasteiger partial charge in [0.2, 0.25) is 0 Å². The summed E-state index contributed by atoms with van der Waals surface area (Å²) >= 11 is 5.59. The Morgan fingerprint density at radius 3 is 2.19 bits per heavy atom. The molecule has 14 heteroatoms. The molecule has 0 spiro atoms. The first-order valence-corrected chi connectivity index (χ1v) is 10.9. The molecule has 32 heavy (non-hydrogen) atoms. The van der Waals surface area contributed by atoms with Crippen molar-refractivity contribution in [2.75, 3.05) is 32.2 Å². The standard InChI is InChI=1S/C18H33ClN2O11/c1-2-5-21(18(29)20-4-3-19)16-13(27)12(26)15(9(7-23)30-16)32-17-14(28)11(25)10(24)8(6-22)31-17/h8-17,22-28H,2-7H2,1H3,(H,20,29)/t8-,9-,10-,11+,12-,13-,14-,15-,16?,17-/m1/s1. The van der Waals surface area contributed by atoms with Gasteiger partial charge in [0.15, 0.2) is 12.5 Å². The van der Waals surface area contributed by atoms with Crippen molar-refractivity contribution in [3.05, 3.63) is 0 Å². The molecule has 188 valence electrons. The van der Waals surface area contributed by atoms with Gasteiger partial charge in [0.25, 0.3) is 0 Å². The maximum Gasteiger partial charge on any atom is 0.319 e. The van der Waals surface area contributed by atoms with Crippen molar-refractivity contribution < 1.29 is 54.8 Å². The van der Waals surface area contributed by atoms with E-state index in [-0.39, 0.29) is 19.0 Å². The highest BCUT2D eigenvalue weighted by atomic mass is 35.5. The van der Waals surface area contributed by atoms with Crippen LogP contribution in [0.25, 0.3) is 0 Å². The molecule has 2 aliphatic heterocycles. The second kappa shape index (κ2) is 12.6. The van der Waals surface area contributed by atoms with Crippen LogP contribution in [-0.2, 0) is 14.2 Å². The number of urea groups is 1. The zero-order valence-electron chi connectivity index (χ0n) is 17.6. The quantitative estimate of drug-likeness (QED) is 0.148. The molecule has 2 amide bonds. The Labute approximate surface area is 190 Å². The van der Waals surface area contributed by atoms with Crippen LogP contribution >= 0.6 is 11.6 Å². The van der Waals surface area contributed by atoms with Crippen LogP contribution in [0.2, 0.25) is 0 Å². The number of halogens is 1. The van der Waals surface area contributed by atoms with Crippen molar-refractivity contribution in [1.29, 1.82) is 0 Å². The van der Waals surface area contributed by atoms with Gasteiger partial charge in [-0.25, -0.2) is 4.79 Å². The molecule has 0 aliphatic carbocycles. The highest BCUT2D eigenvalue weighted by molar-refractivity contribution is 6.18. The monoisotopic (exact) mass is 488 g/mol. The molecule has 2 aliphatic rings. The summed E-state index contributed by atoms with van der Waals surface area (Å²) in [5, 5.41) is 73.0. The number of ether oxygens (including phenoxy) is 3. The van der Waals surface area contributed by atoms with Gasteiger partial charge in [-0.3, -0.25) is 4.90 Å². The summed E-state index contributed by atoms with van der Waals surface area (Å²) in [6.07, 6.45) is -14.8. The number of nitrogens with one attached hydrogen (secondary N) is 1.